The SMILES string of the molecule is C=CC(=O)OCCOC(=O)CN1C(=O)C(C)=C(C)C1=O. The molecule has 1 heterocycles. The zero-order chi connectivity index (χ0) is 15.3. The van der Waals surface area contributed by atoms with Crippen molar-refractivity contribution in [3.8, 4) is 0 Å². The van der Waals surface area contributed by atoms with Crippen LogP contribution in [0, 0.1) is 0 Å². The van der Waals surface area contributed by atoms with Gasteiger partial charge < -0.3 is 9.47 Å². The van der Waals surface area contributed by atoms with Gasteiger partial charge in [-0.2, -0.15) is 0 Å². The normalized spacial score (nSPS) is 14.6. The second-order valence-electron chi connectivity index (χ2n) is 4.04. The molecular formula is C13H15NO6. The minimum atomic E-state index is -0.746. The average molecular weight is 281 g/mol. The van der Waals surface area contributed by atoms with E-state index in [0.29, 0.717) is 11.1 Å². The molecule has 7 heteroatoms. The number of amides is 2. The highest BCUT2D eigenvalue weighted by Gasteiger charge is 2.34. The minimum Gasteiger partial charge on any atom is -0.461 e. The number of ether oxygens (including phenoxy) is 2. The third kappa shape index (κ3) is 3.53. The van der Waals surface area contributed by atoms with E-state index in [4.69, 9.17) is 4.74 Å². The molecule has 1 aliphatic rings. The summed E-state index contributed by atoms with van der Waals surface area (Å²) in [6.45, 7) is 5.53. The van der Waals surface area contributed by atoms with Crippen LogP contribution in [-0.2, 0) is 28.7 Å². The summed E-state index contributed by atoms with van der Waals surface area (Å²) in [5, 5.41) is 0. The Labute approximate surface area is 115 Å². The zero-order valence-electron chi connectivity index (χ0n) is 11.3. The largest absolute Gasteiger partial charge is 0.461 e. The highest BCUT2D eigenvalue weighted by atomic mass is 16.6. The van der Waals surface area contributed by atoms with Crippen LogP contribution >= 0.6 is 0 Å². The van der Waals surface area contributed by atoms with Gasteiger partial charge in [-0.05, 0) is 13.8 Å². The Hall–Kier alpha value is -2.44. The van der Waals surface area contributed by atoms with Crippen molar-refractivity contribution in [2.75, 3.05) is 19.8 Å². The van der Waals surface area contributed by atoms with Gasteiger partial charge in [0.1, 0.15) is 19.8 Å². The van der Waals surface area contributed by atoms with Crippen molar-refractivity contribution in [3.63, 3.8) is 0 Å². The minimum absolute atomic E-state index is 0.116. The fourth-order valence-electron chi connectivity index (χ4n) is 1.49. The monoisotopic (exact) mass is 281 g/mol. The first kappa shape index (κ1) is 15.6. The van der Waals surface area contributed by atoms with E-state index < -0.39 is 30.3 Å². The number of hydrogen-bond acceptors (Lipinski definition) is 6. The summed E-state index contributed by atoms with van der Waals surface area (Å²) in [5.41, 5.74) is 0.644. The number of imide groups is 1. The molecule has 0 aromatic heterocycles. The van der Waals surface area contributed by atoms with E-state index in [1.807, 2.05) is 0 Å². The maximum atomic E-state index is 11.7. The van der Waals surface area contributed by atoms with Gasteiger partial charge in [-0.1, -0.05) is 6.58 Å². The predicted molar refractivity (Wildman–Crippen MR) is 67.2 cm³/mol. The van der Waals surface area contributed by atoms with Gasteiger partial charge in [-0.25, -0.2) is 4.79 Å². The Kier molecular flexibility index (Phi) is 5.19. The third-order valence-corrected chi connectivity index (χ3v) is 2.74. The summed E-state index contributed by atoms with van der Waals surface area (Å²) in [7, 11) is 0. The van der Waals surface area contributed by atoms with Crippen molar-refractivity contribution in [1.82, 2.24) is 4.90 Å². The molecule has 1 rings (SSSR count). The zero-order valence-corrected chi connectivity index (χ0v) is 11.3. The number of carbonyl (C=O) groups excluding carboxylic acids is 4. The van der Waals surface area contributed by atoms with Crippen molar-refractivity contribution in [2.24, 2.45) is 0 Å². The molecule has 2 amide bonds. The Bertz CT molecular complexity index is 481. The van der Waals surface area contributed by atoms with E-state index in [1.54, 1.807) is 0 Å². The molecule has 7 nitrogen and oxygen atoms in total. The Morgan fingerprint density at radius 3 is 2.10 bits per heavy atom. The average Bonchev–Trinajstić information content (AvgIpc) is 2.61. The Morgan fingerprint density at radius 1 is 1.10 bits per heavy atom. The molecule has 1 aliphatic heterocycles. The fourth-order valence-corrected chi connectivity index (χ4v) is 1.49. The third-order valence-electron chi connectivity index (χ3n) is 2.74. The van der Waals surface area contributed by atoms with E-state index in [9.17, 15) is 19.2 Å². The molecule has 0 saturated heterocycles. The molecule has 0 unspecified atom stereocenters. The van der Waals surface area contributed by atoms with Gasteiger partial charge >= 0.3 is 11.9 Å². The topological polar surface area (TPSA) is 90.0 Å². The van der Waals surface area contributed by atoms with E-state index >= 15 is 0 Å². The standard InChI is InChI=1S/C13H15NO6/c1-4-10(15)19-5-6-20-11(16)7-14-12(17)8(2)9(3)13(14)18/h4H,1,5-7H2,2-3H3. The maximum Gasteiger partial charge on any atom is 0.330 e. The smallest absolute Gasteiger partial charge is 0.330 e. The Morgan fingerprint density at radius 2 is 1.60 bits per heavy atom. The highest BCUT2D eigenvalue weighted by Crippen LogP contribution is 2.19. The molecular weight excluding hydrogens is 266 g/mol. The van der Waals surface area contributed by atoms with Gasteiger partial charge in [0.2, 0.25) is 0 Å². The van der Waals surface area contributed by atoms with E-state index in [1.165, 1.54) is 13.8 Å². The van der Waals surface area contributed by atoms with Crippen LogP contribution in [0.2, 0.25) is 0 Å². The van der Waals surface area contributed by atoms with Crippen LogP contribution in [0.4, 0.5) is 0 Å². The van der Waals surface area contributed by atoms with E-state index in [-0.39, 0.29) is 13.2 Å². The lowest BCUT2D eigenvalue weighted by atomic mass is 10.2. The van der Waals surface area contributed by atoms with Crippen LogP contribution in [-0.4, -0.2) is 48.4 Å². The highest BCUT2D eigenvalue weighted by molar-refractivity contribution is 6.19. The number of carbonyl (C=O) groups is 4. The van der Waals surface area contributed by atoms with Gasteiger partial charge in [0, 0.05) is 17.2 Å². The molecule has 0 radical (unpaired) electrons. The molecule has 0 aromatic carbocycles. The molecule has 0 aliphatic carbocycles. The second-order valence-corrected chi connectivity index (χ2v) is 4.04. The van der Waals surface area contributed by atoms with E-state index in [0.717, 1.165) is 11.0 Å². The van der Waals surface area contributed by atoms with Crippen LogP contribution < -0.4 is 0 Å². The summed E-state index contributed by atoms with van der Waals surface area (Å²) in [6, 6.07) is 0. The maximum absolute atomic E-state index is 11.7. The summed E-state index contributed by atoms with van der Waals surface area (Å²) in [6.07, 6.45) is 0.987. The summed E-state index contributed by atoms with van der Waals surface area (Å²) in [4.78, 5) is 46.4. The van der Waals surface area contributed by atoms with Crippen molar-refractivity contribution >= 4 is 23.8 Å². The number of rotatable bonds is 6. The summed E-state index contributed by atoms with van der Waals surface area (Å²) in [5.74, 6) is -2.37. The fraction of sp³-hybridized carbons (Fsp3) is 0.385. The number of nitrogens with zero attached hydrogens (tertiary/aromatic N) is 1. The lowest BCUT2D eigenvalue weighted by molar-refractivity contribution is -0.154. The van der Waals surface area contributed by atoms with Crippen LogP contribution in [0.25, 0.3) is 0 Å². The number of hydrogen-bond donors (Lipinski definition) is 0. The molecule has 0 aromatic rings. The molecule has 0 fully saturated rings. The lowest BCUT2D eigenvalue weighted by Crippen LogP contribution is -2.37. The summed E-state index contributed by atoms with van der Waals surface area (Å²) < 4.78 is 9.35. The van der Waals surface area contributed by atoms with Gasteiger partial charge in [0.05, 0.1) is 0 Å². The molecule has 0 N–H and O–H groups in total. The lowest BCUT2D eigenvalue weighted by Gasteiger charge is -2.13. The van der Waals surface area contributed by atoms with Gasteiger partial charge in [0.15, 0.2) is 0 Å². The van der Waals surface area contributed by atoms with Crippen LogP contribution in [0.1, 0.15) is 13.8 Å². The second kappa shape index (κ2) is 6.65. The first-order chi connectivity index (χ1) is 9.38. The van der Waals surface area contributed by atoms with Gasteiger partial charge in [0.25, 0.3) is 11.8 Å². The molecule has 0 atom stereocenters. The van der Waals surface area contributed by atoms with Crippen LogP contribution in [0.3, 0.4) is 0 Å². The van der Waals surface area contributed by atoms with Crippen molar-refractivity contribution in [3.05, 3.63) is 23.8 Å². The van der Waals surface area contributed by atoms with Crippen LogP contribution in [0.15, 0.2) is 23.8 Å². The van der Waals surface area contributed by atoms with Gasteiger partial charge in [-0.3, -0.25) is 19.3 Å². The van der Waals surface area contributed by atoms with Crippen molar-refractivity contribution < 1.29 is 28.7 Å². The molecule has 0 saturated carbocycles. The molecule has 0 spiro atoms. The molecule has 0 bridgehead atoms. The first-order valence-electron chi connectivity index (χ1n) is 5.87. The predicted octanol–water partition coefficient (Wildman–Crippen LogP) is -0.0360. The van der Waals surface area contributed by atoms with E-state index in [2.05, 4.69) is 11.3 Å². The molecule has 108 valence electrons. The summed E-state index contributed by atoms with van der Waals surface area (Å²) >= 11 is 0. The quantitative estimate of drug-likeness (QED) is 0.294. The van der Waals surface area contributed by atoms with Gasteiger partial charge in [-0.15, -0.1) is 0 Å². The first-order valence-corrected chi connectivity index (χ1v) is 5.87. The Balaban J connectivity index is 2.37. The van der Waals surface area contributed by atoms with Crippen molar-refractivity contribution in [2.45, 2.75) is 13.8 Å². The number of esters is 2. The molecule has 20 heavy (non-hydrogen) atoms. The van der Waals surface area contributed by atoms with Crippen molar-refractivity contribution in [1.29, 1.82) is 0 Å². The van der Waals surface area contributed by atoms with Crippen LogP contribution in [0.5, 0.6) is 0 Å².